The number of carbonyl (C=O) groups excluding carboxylic acids is 3. The van der Waals surface area contributed by atoms with Gasteiger partial charge in [-0.3, -0.25) is 9.59 Å². The monoisotopic (exact) mass is 678 g/mol. The molecule has 1 aliphatic rings. The van der Waals surface area contributed by atoms with Gasteiger partial charge in [0.15, 0.2) is 0 Å². The molecule has 0 aromatic rings. The fourth-order valence-electron chi connectivity index (χ4n) is 4.78. The number of hydrogen-bond donors (Lipinski definition) is 3. The van der Waals surface area contributed by atoms with E-state index in [1.165, 1.54) is 11.6 Å². The zero-order chi connectivity index (χ0) is 36.6. The van der Waals surface area contributed by atoms with E-state index < -0.39 is 30.6 Å². The summed E-state index contributed by atoms with van der Waals surface area (Å²) in [5.41, 5.74) is 3.90. The highest BCUT2D eigenvalue weighted by atomic mass is 16.5. The second kappa shape index (κ2) is 25.0. The molecule has 0 saturated carbocycles. The van der Waals surface area contributed by atoms with E-state index in [0.29, 0.717) is 6.41 Å². The van der Waals surface area contributed by atoms with Gasteiger partial charge in [-0.25, -0.2) is 4.79 Å². The van der Waals surface area contributed by atoms with Crippen LogP contribution in [0.25, 0.3) is 0 Å². The smallest absolute Gasteiger partial charge is 0.331 e. The third kappa shape index (κ3) is 18.9. The number of aliphatic hydroxyl groups excluding tert-OH is 1. The van der Waals surface area contributed by atoms with Crippen molar-refractivity contribution >= 4 is 18.3 Å². The van der Waals surface area contributed by atoms with E-state index in [2.05, 4.69) is 41.9 Å². The summed E-state index contributed by atoms with van der Waals surface area (Å²) in [6.45, 7) is 11.6. The molecule has 0 fully saturated rings. The average Bonchev–Trinajstić information content (AvgIpc) is 3.08. The lowest BCUT2D eigenvalue weighted by molar-refractivity contribution is -0.142. The van der Waals surface area contributed by atoms with E-state index in [1.54, 1.807) is 14.2 Å². The van der Waals surface area contributed by atoms with Crippen LogP contribution in [-0.2, 0) is 28.6 Å². The molecule has 1 rings (SSSR count). The Kier molecular flexibility index (Phi) is 21.9. The summed E-state index contributed by atoms with van der Waals surface area (Å²) in [6, 6.07) is -1.01. The number of ether oxygens (including phenoxy) is 3. The summed E-state index contributed by atoms with van der Waals surface area (Å²) in [4.78, 5) is 35.9. The molecule has 0 aromatic heterocycles. The summed E-state index contributed by atoms with van der Waals surface area (Å²) >= 11 is 0. The van der Waals surface area contributed by atoms with Crippen LogP contribution in [0.5, 0.6) is 0 Å². The third-order valence-electron chi connectivity index (χ3n) is 7.88. The van der Waals surface area contributed by atoms with Crippen molar-refractivity contribution in [1.29, 1.82) is 0 Å². The van der Waals surface area contributed by atoms with Gasteiger partial charge in [0.2, 0.25) is 12.3 Å². The normalized spacial score (nSPS) is 29.4. The van der Waals surface area contributed by atoms with Crippen molar-refractivity contribution in [3.8, 4) is 0 Å². The van der Waals surface area contributed by atoms with Crippen LogP contribution < -0.4 is 10.6 Å². The summed E-state index contributed by atoms with van der Waals surface area (Å²) < 4.78 is 17.3. The van der Waals surface area contributed by atoms with Crippen molar-refractivity contribution in [3.05, 3.63) is 107 Å². The molecule has 6 atom stereocenters. The van der Waals surface area contributed by atoms with Crippen LogP contribution in [0, 0.1) is 11.8 Å². The van der Waals surface area contributed by atoms with E-state index in [9.17, 15) is 19.5 Å². The van der Waals surface area contributed by atoms with Crippen molar-refractivity contribution in [3.63, 3.8) is 0 Å². The van der Waals surface area contributed by atoms with Gasteiger partial charge in [-0.15, -0.1) is 0 Å². The van der Waals surface area contributed by atoms with Crippen molar-refractivity contribution in [2.75, 3.05) is 27.4 Å². The third-order valence-corrected chi connectivity index (χ3v) is 7.88. The van der Waals surface area contributed by atoms with Gasteiger partial charge >= 0.3 is 5.97 Å². The number of cyclic esters (lactones) is 1. The van der Waals surface area contributed by atoms with Crippen LogP contribution in [-0.4, -0.2) is 75.1 Å². The molecule has 2 unspecified atom stereocenters. The molecule has 270 valence electrons. The standard InChI is InChI=1S/C40H58N2O7/c1-29-13-11-17-35(47-7)16-10-9-15-33(5)39(34(6)23-21-32(4)26-41-40(46)37(27-43)42-28-44)49-38(45)24-22-30(2)19-20-31(3)25-36(48-8)18-12-14-29/h9-10,12-16,19-25,28,30,33,35-37,39,43H,11,17-18,26-27H2,1-8H3,(H,41,46)(H,42,44)/b14-12+,15-9+,16-10?,20-19-,24-22+,29-13+,31-25+,32-21+,34-23+/t30-,33+,35?,36?,37+,39+/m1/s1. The molecule has 9 heteroatoms. The van der Waals surface area contributed by atoms with Crippen LogP contribution >= 0.6 is 0 Å². The van der Waals surface area contributed by atoms with Gasteiger partial charge in [-0.2, -0.15) is 0 Å². The van der Waals surface area contributed by atoms with Crippen LogP contribution in [0.1, 0.15) is 60.8 Å². The molecule has 1 aliphatic heterocycles. The molecule has 2 amide bonds. The number of hydrogen-bond acceptors (Lipinski definition) is 7. The number of allylic oxidation sites excluding steroid dienone is 11. The molecule has 0 aromatic carbocycles. The van der Waals surface area contributed by atoms with E-state index in [4.69, 9.17) is 14.2 Å². The molecule has 49 heavy (non-hydrogen) atoms. The first-order valence-electron chi connectivity index (χ1n) is 16.8. The van der Waals surface area contributed by atoms with E-state index in [-0.39, 0.29) is 30.6 Å². The van der Waals surface area contributed by atoms with Crippen LogP contribution in [0.4, 0.5) is 0 Å². The van der Waals surface area contributed by atoms with E-state index >= 15 is 0 Å². The Balaban J connectivity index is 3.31. The highest BCUT2D eigenvalue weighted by Crippen LogP contribution is 2.20. The Hall–Kier alpha value is -4.05. The van der Waals surface area contributed by atoms with Crippen LogP contribution in [0.2, 0.25) is 0 Å². The average molecular weight is 679 g/mol. The SMILES string of the molecule is COC1C=C/C=C/[C@H](C)[C@@H](/C(C)=C/C=C(\C)CNC(=O)[C@H](CO)NC=O)OC(=O)/C=C/[C@H](C)/C=C\C(C)=C\C(OC)C/C=C/C(C)=C/CC1. The van der Waals surface area contributed by atoms with Gasteiger partial charge in [0.1, 0.15) is 12.1 Å². The molecule has 9 nitrogen and oxygen atoms in total. The molecule has 0 aliphatic carbocycles. The Bertz CT molecular complexity index is 1320. The molecule has 0 spiro atoms. The quantitative estimate of drug-likeness (QED) is 0.143. The zero-order valence-electron chi connectivity index (χ0n) is 30.6. The molecule has 3 N–H and O–H groups in total. The second-order valence-electron chi connectivity index (χ2n) is 12.3. The number of esters is 1. The van der Waals surface area contributed by atoms with Crippen molar-refractivity contribution in [2.24, 2.45) is 11.8 Å². The zero-order valence-corrected chi connectivity index (χ0v) is 30.6. The second-order valence-corrected chi connectivity index (χ2v) is 12.3. The predicted octanol–water partition coefficient (Wildman–Crippen LogP) is 6.17. The summed E-state index contributed by atoms with van der Waals surface area (Å²) in [5, 5.41) is 14.3. The van der Waals surface area contributed by atoms with E-state index in [0.717, 1.165) is 36.0 Å². The fraction of sp³-hybridized carbons (Fsp3) is 0.475. The minimum atomic E-state index is -1.01. The molecule has 0 saturated heterocycles. The maximum absolute atomic E-state index is 13.0. The highest BCUT2D eigenvalue weighted by molar-refractivity contribution is 5.84. The van der Waals surface area contributed by atoms with Crippen LogP contribution in [0.15, 0.2) is 107 Å². The number of rotatable bonds is 10. The molecular weight excluding hydrogens is 620 g/mol. The molecule has 1 heterocycles. The molecular formula is C40H58N2O7. The lowest BCUT2D eigenvalue weighted by Gasteiger charge is -2.22. The first kappa shape index (κ1) is 43.0. The molecule has 0 radical (unpaired) electrons. The van der Waals surface area contributed by atoms with Gasteiger partial charge in [-0.1, -0.05) is 110 Å². The minimum Gasteiger partial charge on any atom is -0.454 e. The van der Waals surface area contributed by atoms with Crippen LogP contribution in [0.3, 0.4) is 0 Å². The van der Waals surface area contributed by atoms with Gasteiger partial charge in [0.05, 0.1) is 18.8 Å². The van der Waals surface area contributed by atoms with Crippen molar-refractivity contribution in [2.45, 2.75) is 85.2 Å². The Labute approximate surface area is 293 Å². The Morgan fingerprint density at radius 1 is 1.00 bits per heavy atom. The number of nitrogens with one attached hydrogen (secondary N) is 2. The number of aliphatic hydroxyl groups is 1. The maximum atomic E-state index is 13.0. The van der Waals surface area contributed by atoms with E-state index in [1.807, 2.05) is 89.3 Å². The summed E-state index contributed by atoms with van der Waals surface area (Å²) in [6.07, 6.45) is 29.7. The minimum absolute atomic E-state index is 0.00523. The maximum Gasteiger partial charge on any atom is 0.331 e. The number of carbonyl (C=O) groups is 3. The number of amides is 2. The predicted molar refractivity (Wildman–Crippen MR) is 197 cm³/mol. The summed E-state index contributed by atoms with van der Waals surface area (Å²) in [5.74, 6) is -1.10. The lowest BCUT2D eigenvalue weighted by atomic mass is 9.96. The Morgan fingerprint density at radius 2 is 1.69 bits per heavy atom. The first-order chi connectivity index (χ1) is 23.4. The lowest BCUT2D eigenvalue weighted by Crippen LogP contribution is -2.46. The largest absolute Gasteiger partial charge is 0.454 e. The first-order valence-corrected chi connectivity index (χ1v) is 16.8. The van der Waals surface area contributed by atoms with Crippen molar-refractivity contribution < 1.29 is 33.7 Å². The van der Waals surface area contributed by atoms with Gasteiger partial charge in [-0.05, 0) is 58.4 Å². The highest BCUT2D eigenvalue weighted by Gasteiger charge is 2.21. The van der Waals surface area contributed by atoms with Crippen molar-refractivity contribution in [1.82, 2.24) is 10.6 Å². The van der Waals surface area contributed by atoms with Gasteiger partial charge < -0.3 is 30.0 Å². The fourth-order valence-corrected chi connectivity index (χ4v) is 4.78. The number of methoxy groups -OCH3 is 2. The molecule has 0 bridgehead atoms. The van der Waals surface area contributed by atoms with Gasteiger partial charge in [0, 0.05) is 32.8 Å². The summed E-state index contributed by atoms with van der Waals surface area (Å²) in [7, 11) is 3.41. The van der Waals surface area contributed by atoms with Gasteiger partial charge in [0.25, 0.3) is 0 Å². The topological polar surface area (TPSA) is 123 Å². The Morgan fingerprint density at radius 3 is 2.37 bits per heavy atom.